The van der Waals surface area contributed by atoms with Crippen LogP contribution >= 0.6 is 34.0 Å². The van der Waals surface area contributed by atoms with Gasteiger partial charge in [0.2, 0.25) is 5.13 Å². The van der Waals surface area contributed by atoms with Crippen LogP contribution in [0.1, 0.15) is 13.3 Å². The molecule has 0 saturated heterocycles. The lowest BCUT2D eigenvalue weighted by molar-refractivity contribution is 0.963. The molecule has 0 saturated carbocycles. The summed E-state index contributed by atoms with van der Waals surface area (Å²) in [5, 5.41) is 18.4. The summed E-state index contributed by atoms with van der Waals surface area (Å²) in [5.74, 6) is 0. The molecular weight excluding hydrogens is 296 g/mol. The van der Waals surface area contributed by atoms with Crippen molar-refractivity contribution in [3.8, 4) is 20.6 Å². The zero-order valence-corrected chi connectivity index (χ0v) is 12.7. The van der Waals surface area contributed by atoms with Crippen LogP contribution in [-0.4, -0.2) is 21.7 Å². The second-order valence-electron chi connectivity index (χ2n) is 3.85. The first-order chi connectivity index (χ1) is 9.36. The summed E-state index contributed by atoms with van der Waals surface area (Å²) in [5.41, 5.74) is 0.912. The summed E-state index contributed by atoms with van der Waals surface area (Å²) >= 11 is 4.90. The third-order valence-corrected chi connectivity index (χ3v) is 5.19. The predicted octanol–water partition coefficient (Wildman–Crippen LogP) is 4.21. The van der Waals surface area contributed by atoms with Gasteiger partial charge >= 0.3 is 0 Å². The summed E-state index contributed by atoms with van der Waals surface area (Å²) in [7, 11) is 0. The molecule has 0 aliphatic carbocycles. The molecule has 3 heterocycles. The first-order valence-corrected chi connectivity index (χ1v) is 8.51. The molecule has 3 aromatic heterocycles. The number of nitrogens with zero attached hydrogens (tertiary/aromatic N) is 3. The number of anilines is 1. The van der Waals surface area contributed by atoms with Crippen LogP contribution in [0.25, 0.3) is 20.6 Å². The fraction of sp³-hybridized carbons (Fsp3) is 0.250. The van der Waals surface area contributed by atoms with Gasteiger partial charge in [0, 0.05) is 11.9 Å². The molecule has 0 spiro atoms. The lowest BCUT2D eigenvalue weighted by atomic mass is 10.5. The quantitative estimate of drug-likeness (QED) is 0.767. The second-order valence-corrected chi connectivity index (χ2v) is 6.64. The molecule has 0 unspecified atom stereocenters. The molecule has 19 heavy (non-hydrogen) atoms. The molecular formula is C12H12N4S3. The van der Waals surface area contributed by atoms with E-state index in [9.17, 15) is 0 Å². The Morgan fingerprint density at radius 3 is 2.95 bits per heavy atom. The summed E-state index contributed by atoms with van der Waals surface area (Å²) in [6.45, 7) is 3.05. The molecule has 0 aromatic carbocycles. The number of hydrogen-bond donors (Lipinski definition) is 1. The minimum Gasteiger partial charge on any atom is -0.360 e. The Bertz CT molecular complexity index is 642. The maximum absolute atomic E-state index is 4.63. The lowest BCUT2D eigenvalue weighted by Crippen LogP contribution is -1.98. The van der Waals surface area contributed by atoms with Crippen LogP contribution in [0.3, 0.4) is 0 Å². The molecule has 0 amide bonds. The van der Waals surface area contributed by atoms with Crippen molar-refractivity contribution in [3.63, 3.8) is 0 Å². The molecule has 0 aliphatic rings. The molecule has 1 N–H and O–H groups in total. The van der Waals surface area contributed by atoms with Crippen LogP contribution in [0, 0.1) is 0 Å². The van der Waals surface area contributed by atoms with E-state index in [2.05, 4.69) is 38.9 Å². The Kier molecular flexibility index (Phi) is 3.86. The number of thiazole rings is 1. The summed E-state index contributed by atoms with van der Waals surface area (Å²) < 4.78 is 0. The Morgan fingerprint density at radius 2 is 2.16 bits per heavy atom. The summed E-state index contributed by atoms with van der Waals surface area (Å²) in [6, 6.07) is 4.13. The molecule has 3 rings (SSSR count). The Balaban J connectivity index is 1.81. The molecule has 3 aromatic rings. The van der Waals surface area contributed by atoms with Crippen LogP contribution in [-0.2, 0) is 0 Å². The Labute approximate surface area is 123 Å². The van der Waals surface area contributed by atoms with Gasteiger partial charge in [0.05, 0.1) is 4.88 Å². The molecule has 0 bridgehead atoms. The molecule has 4 nitrogen and oxygen atoms in total. The SMILES string of the molecule is CCCNc1nnc(-c2csc(-c3cccs3)n2)s1. The topological polar surface area (TPSA) is 50.7 Å². The van der Waals surface area contributed by atoms with Crippen molar-refractivity contribution in [2.75, 3.05) is 11.9 Å². The molecule has 98 valence electrons. The highest BCUT2D eigenvalue weighted by atomic mass is 32.1. The van der Waals surface area contributed by atoms with E-state index < -0.39 is 0 Å². The van der Waals surface area contributed by atoms with E-state index in [1.54, 1.807) is 34.0 Å². The summed E-state index contributed by atoms with van der Waals surface area (Å²) in [6.07, 6.45) is 1.08. The van der Waals surface area contributed by atoms with Crippen molar-refractivity contribution in [2.24, 2.45) is 0 Å². The number of hydrogen-bond acceptors (Lipinski definition) is 7. The normalized spacial score (nSPS) is 10.8. The minimum atomic E-state index is 0.863. The Hall–Kier alpha value is -1.31. The van der Waals surface area contributed by atoms with E-state index in [1.165, 1.54) is 4.88 Å². The van der Waals surface area contributed by atoms with E-state index in [4.69, 9.17) is 0 Å². The maximum Gasteiger partial charge on any atom is 0.206 e. The van der Waals surface area contributed by atoms with Crippen LogP contribution in [0.5, 0.6) is 0 Å². The van der Waals surface area contributed by atoms with Crippen LogP contribution in [0.15, 0.2) is 22.9 Å². The Morgan fingerprint density at radius 1 is 1.21 bits per heavy atom. The van der Waals surface area contributed by atoms with Gasteiger partial charge in [-0.25, -0.2) is 4.98 Å². The van der Waals surface area contributed by atoms with Gasteiger partial charge in [0.15, 0.2) is 5.01 Å². The molecule has 0 aliphatic heterocycles. The number of nitrogens with one attached hydrogen (secondary N) is 1. The largest absolute Gasteiger partial charge is 0.360 e. The van der Waals surface area contributed by atoms with Gasteiger partial charge in [-0.15, -0.1) is 32.9 Å². The molecule has 0 radical (unpaired) electrons. The van der Waals surface area contributed by atoms with Crippen LogP contribution < -0.4 is 5.32 Å². The van der Waals surface area contributed by atoms with Crippen molar-refractivity contribution in [1.29, 1.82) is 0 Å². The average molecular weight is 308 g/mol. The van der Waals surface area contributed by atoms with Crippen molar-refractivity contribution >= 4 is 39.1 Å². The number of rotatable bonds is 5. The average Bonchev–Trinajstić information content (AvgIpc) is 3.14. The van der Waals surface area contributed by atoms with E-state index in [0.717, 1.165) is 33.8 Å². The van der Waals surface area contributed by atoms with Crippen molar-refractivity contribution in [2.45, 2.75) is 13.3 Å². The molecule has 0 fully saturated rings. The monoisotopic (exact) mass is 308 g/mol. The van der Waals surface area contributed by atoms with Gasteiger partial charge in [-0.2, -0.15) is 0 Å². The summed E-state index contributed by atoms with van der Waals surface area (Å²) in [4.78, 5) is 5.82. The highest BCUT2D eigenvalue weighted by molar-refractivity contribution is 7.21. The van der Waals surface area contributed by atoms with E-state index in [-0.39, 0.29) is 0 Å². The second kappa shape index (κ2) is 5.77. The van der Waals surface area contributed by atoms with Crippen molar-refractivity contribution in [1.82, 2.24) is 15.2 Å². The molecule has 7 heteroatoms. The van der Waals surface area contributed by atoms with Crippen molar-refractivity contribution in [3.05, 3.63) is 22.9 Å². The van der Waals surface area contributed by atoms with E-state index >= 15 is 0 Å². The van der Waals surface area contributed by atoms with Crippen molar-refractivity contribution < 1.29 is 0 Å². The zero-order valence-electron chi connectivity index (χ0n) is 10.3. The fourth-order valence-electron chi connectivity index (χ4n) is 1.52. The first kappa shape index (κ1) is 12.7. The van der Waals surface area contributed by atoms with Gasteiger partial charge in [-0.1, -0.05) is 24.3 Å². The number of aromatic nitrogens is 3. The smallest absolute Gasteiger partial charge is 0.206 e. The van der Waals surface area contributed by atoms with Gasteiger partial charge in [-0.3, -0.25) is 0 Å². The van der Waals surface area contributed by atoms with E-state index in [1.807, 2.05) is 11.4 Å². The third-order valence-electron chi connectivity index (χ3n) is 2.41. The highest BCUT2D eigenvalue weighted by Crippen LogP contribution is 2.33. The standard InChI is InChI=1S/C12H12N4S3/c1-2-5-13-12-16-15-10(19-12)8-7-18-11(14-8)9-4-3-6-17-9/h3-4,6-7H,2,5H2,1H3,(H,13,16). The first-order valence-electron chi connectivity index (χ1n) is 5.94. The van der Waals surface area contributed by atoms with Gasteiger partial charge < -0.3 is 5.32 Å². The number of thiophene rings is 1. The zero-order chi connectivity index (χ0) is 13.1. The predicted molar refractivity (Wildman–Crippen MR) is 83.1 cm³/mol. The van der Waals surface area contributed by atoms with Crippen LogP contribution in [0.4, 0.5) is 5.13 Å². The third kappa shape index (κ3) is 2.83. The van der Waals surface area contributed by atoms with Gasteiger partial charge in [-0.05, 0) is 17.9 Å². The lowest BCUT2D eigenvalue weighted by Gasteiger charge is -1.95. The van der Waals surface area contributed by atoms with Gasteiger partial charge in [0.25, 0.3) is 0 Å². The van der Waals surface area contributed by atoms with Gasteiger partial charge in [0.1, 0.15) is 10.7 Å². The minimum absolute atomic E-state index is 0.863. The maximum atomic E-state index is 4.63. The highest BCUT2D eigenvalue weighted by Gasteiger charge is 2.11. The fourth-order valence-corrected chi connectivity index (χ4v) is 3.94. The molecule has 0 atom stereocenters. The van der Waals surface area contributed by atoms with Crippen LogP contribution in [0.2, 0.25) is 0 Å². The van der Waals surface area contributed by atoms with E-state index in [0.29, 0.717) is 0 Å².